The SMILES string of the molecule is NC1SC=CN1Cc1cc([N+](=O)[O-])cc2c1CC(=O)C(=O)N2. The second-order valence-corrected chi connectivity index (χ2v) is 5.95. The van der Waals surface area contributed by atoms with E-state index in [1.54, 1.807) is 6.20 Å². The number of nitrogens with one attached hydrogen (secondary N) is 1. The molecule has 0 fully saturated rings. The number of hydrogen-bond donors (Lipinski definition) is 2. The van der Waals surface area contributed by atoms with Gasteiger partial charge in [-0.05, 0) is 16.5 Å². The third kappa shape index (κ3) is 2.55. The molecule has 0 saturated heterocycles. The van der Waals surface area contributed by atoms with Crippen LogP contribution < -0.4 is 11.1 Å². The summed E-state index contributed by atoms with van der Waals surface area (Å²) in [7, 11) is 0. The minimum atomic E-state index is -0.743. The maximum absolute atomic E-state index is 11.6. The molecule has 0 aromatic heterocycles. The average Bonchev–Trinajstić information content (AvgIpc) is 2.86. The van der Waals surface area contributed by atoms with Gasteiger partial charge in [-0.2, -0.15) is 0 Å². The first-order valence-electron chi connectivity index (χ1n) is 6.43. The fourth-order valence-electron chi connectivity index (χ4n) is 2.41. The molecule has 2 aliphatic rings. The van der Waals surface area contributed by atoms with Crippen molar-refractivity contribution in [3.05, 3.63) is 45.0 Å². The number of Topliss-reactive ketones (excluding diaryl/α,β-unsaturated/α-hetero) is 1. The summed E-state index contributed by atoms with van der Waals surface area (Å²) in [4.78, 5) is 35.4. The highest BCUT2D eigenvalue weighted by Gasteiger charge is 2.29. The van der Waals surface area contributed by atoms with Crippen molar-refractivity contribution in [2.24, 2.45) is 5.73 Å². The smallest absolute Gasteiger partial charge is 0.292 e. The molecule has 0 bridgehead atoms. The summed E-state index contributed by atoms with van der Waals surface area (Å²) >= 11 is 1.43. The van der Waals surface area contributed by atoms with Crippen molar-refractivity contribution in [3.8, 4) is 0 Å². The number of nitro groups is 1. The first kappa shape index (κ1) is 14.5. The van der Waals surface area contributed by atoms with Crippen LogP contribution in [0.1, 0.15) is 11.1 Å². The van der Waals surface area contributed by atoms with Crippen molar-refractivity contribution < 1.29 is 14.5 Å². The number of anilines is 1. The fraction of sp³-hybridized carbons (Fsp3) is 0.231. The number of nitrogens with two attached hydrogens (primary N) is 1. The molecule has 2 aliphatic heterocycles. The number of nitro benzene ring substituents is 1. The number of ketones is 1. The Kier molecular flexibility index (Phi) is 3.59. The number of amides is 1. The molecule has 0 spiro atoms. The third-order valence-corrected chi connectivity index (χ3v) is 4.36. The van der Waals surface area contributed by atoms with Gasteiger partial charge < -0.3 is 16.0 Å². The summed E-state index contributed by atoms with van der Waals surface area (Å²) in [5.74, 6) is -1.30. The van der Waals surface area contributed by atoms with Gasteiger partial charge in [-0.1, -0.05) is 11.8 Å². The number of nitrogens with zero attached hydrogens (tertiary/aromatic N) is 2. The molecule has 22 heavy (non-hydrogen) atoms. The number of benzene rings is 1. The molecular weight excluding hydrogens is 308 g/mol. The molecule has 1 atom stereocenters. The fourth-order valence-corrected chi connectivity index (χ4v) is 3.10. The maximum Gasteiger partial charge on any atom is 0.292 e. The van der Waals surface area contributed by atoms with Gasteiger partial charge in [0.25, 0.3) is 11.6 Å². The number of fused-ring (bicyclic) bond motifs is 1. The summed E-state index contributed by atoms with van der Waals surface area (Å²) in [6.07, 6.45) is 1.73. The number of hydrogen-bond acceptors (Lipinski definition) is 7. The van der Waals surface area contributed by atoms with Crippen molar-refractivity contribution in [3.63, 3.8) is 0 Å². The molecule has 3 rings (SSSR count). The van der Waals surface area contributed by atoms with E-state index >= 15 is 0 Å². The van der Waals surface area contributed by atoms with Gasteiger partial charge >= 0.3 is 0 Å². The van der Waals surface area contributed by atoms with E-state index in [0.717, 1.165) is 0 Å². The first-order chi connectivity index (χ1) is 10.5. The number of rotatable bonds is 3. The van der Waals surface area contributed by atoms with Gasteiger partial charge in [0.2, 0.25) is 5.78 Å². The third-order valence-electron chi connectivity index (χ3n) is 3.53. The second kappa shape index (κ2) is 5.43. The van der Waals surface area contributed by atoms with Crippen molar-refractivity contribution in [1.82, 2.24) is 4.90 Å². The van der Waals surface area contributed by atoms with Crippen LogP contribution in [0, 0.1) is 10.1 Å². The second-order valence-electron chi connectivity index (χ2n) is 4.93. The van der Waals surface area contributed by atoms with E-state index in [9.17, 15) is 19.7 Å². The standard InChI is InChI=1S/C13H12N4O4S/c14-13-16(1-2-22-13)6-7-3-8(17(20)21)4-10-9(7)5-11(18)12(19)15-10/h1-4,13H,5-6,14H2,(H,15,19). The quantitative estimate of drug-likeness (QED) is 0.483. The van der Waals surface area contributed by atoms with Gasteiger partial charge in [-0.25, -0.2) is 0 Å². The Morgan fingerprint density at radius 3 is 2.86 bits per heavy atom. The van der Waals surface area contributed by atoms with Gasteiger partial charge in [-0.3, -0.25) is 19.7 Å². The largest absolute Gasteiger partial charge is 0.349 e. The summed E-state index contributed by atoms with van der Waals surface area (Å²) in [5.41, 5.74) is 7.03. The van der Waals surface area contributed by atoms with Crippen LogP contribution in [0.15, 0.2) is 23.7 Å². The molecule has 0 radical (unpaired) electrons. The Labute approximate surface area is 129 Å². The van der Waals surface area contributed by atoms with Gasteiger partial charge in [0.15, 0.2) is 0 Å². The van der Waals surface area contributed by atoms with Gasteiger partial charge in [-0.15, -0.1) is 0 Å². The van der Waals surface area contributed by atoms with Crippen LogP contribution in [0.4, 0.5) is 11.4 Å². The number of carbonyl (C=O) groups excluding carboxylic acids is 2. The molecule has 3 N–H and O–H groups in total. The Hall–Kier alpha value is -2.39. The molecule has 1 aromatic rings. The van der Waals surface area contributed by atoms with Crippen LogP contribution >= 0.6 is 11.8 Å². The zero-order chi connectivity index (χ0) is 15.9. The normalized spacial score (nSPS) is 20.0. The van der Waals surface area contributed by atoms with E-state index in [0.29, 0.717) is 23.4 Å². The van der Waals surface area contributed by atoms with Crippen LogP contribution in [0.2, 0.25) is 0 Å². The summed E-state index contributed by atoms with van der Waals surface area (Å²) < 4.78 is 0. The van der Waals surface area contributed by atoms with Crippen LogP contribution in [-0.4, -0.2) is 27.0 Å². The molecule has 9 heteroatoms. The Morgan fingerprint density at radius 1 is 1.45 bits per heavy atom. The summed E-state index contributed by atoms with van der Waals surface area (Å²) in [5, 5.41) is 15.3. The lowest BCUT2D eigenvalue weighted by Crippen LogP contribution is -2.34. The lowest BCUT2D eigenvalue weighted by molar-refractivity contribution is -0.384. The molecule has 0 saturated carbocycles. The van der Waals surface area contributed by atoms with Crippen molar-refractivity contribution >= 4 is 34.8 Å². The van der Waals surface area contributed by atoms with Crippen LogP contribution in [0.5, 0.6) is 0 Å². The molecule has 114 valence electrons. The first-order valence-corrected chi connectivity index (χ1v) is 7.38. The lowest BCUT2D eigenvalue weighted by atomic mass is 9.95. The van der Waals surface area contributed by atoms with E-state index in [-0.39, 0.29) is 17.6 Å². The van der Waals surface area contributed by atoms with Gasteiger partial charge in [0.1, 0.15) is 5.50 Å². The van der Waals surface area contributed by atoms with Crippen LogP contribution in [-0.2, 0) is 22.6 Å². The Bertz CT molecular complexity index is 718. The summed E-state index contributed by atoms with van der Waals surface area (Å²) in [6, 6.07) is 2.70. The molecule has 1 unspecified atom stereocenters. The molecule has 1 aromatic carbocycles. The molecule has 8 nitrogen and oxygen atoms in total. The zero-order valence-corrected chi connectivity index (χ0v) is 12.1. The van der Waals surface area contributed by atoms with E-state index in [1.807, 2.05) is 10.3 Å². The number of carbonyl (C=O) groups is 2. The van der Waals surface area contributed by atoms with Crippen molar-refractivity contribution in [2.75, 3.05) is 5.32 Å². The van der Waals surface area contributed by atoms with Crippen molar-refractivity contribution in [1.29, 1.82) is 0 Å². The summed E-state index contributed by atoms with van der Waals surface area (Å²) in [6.45, 7) is 0.331. The zero-order valence-electron chi connectivity index (χ0n) is 11.3. The van der Waals surface area contributed by atoms with E-state index in [2.05, 4.69) is 5.32 Å². The predicted molar refractivity (Wildman–Crippen MR) is 80.7 cm³/mol. The average molecular weight is 320 g/mol. The van der Waals surface area contributed by atoms with E-state index in [1.165, 1.54) is 23.9 Å². The van der Waals surface area contributed by atoms with Gasteiger partial charge in [0.05, 0.1) is 10.6 Å². The van der Waals surface area contributed by atoms with Gasteiger partial charge in [0, 0.05) is 31.3 Å². The molecular formula is C13H12N4O4S. The topological polar surface area (TPSA) is 119 Å². The van der Waals surface area contributed by atoms with Crippen LogP contribution in [0.25, 0.3) is 0 Å². The molecule has 2 heterocycles. The highest BCUT2D eigenvalue weighted by atomic mass is 32.2. The van der Waals surface area contributed by atoms with E-state index in [4.69, 9.17) is 5.73 Å². The maximum atomic E-state index is 11.6. The monoisotopic (exact) mass is 320 g/mol. The predicted octanol–water partition coefficient (Wildman–Crippen LogP) is 0.921. The number of thioether (sulfide) groups is 1. The van der Waals surface area contributed by atoms with Crippen LogP contribution in [0.3, 0.4) is 0 Å². The lowest BCUT2D eigenvalue weighted by Gasteiger charge is -2.25. The molecule has 1 amide bonds. The molecule has 0 aliphatic carbocycles. The minimum absolute atomic E-state index is 0.0611. The minimum Gasteiger partial charge on any atom is -0.349 e. The Morgan fingerprint density at radius 2 is 2.23 bits per heavy atom. The highest BCUT2D eigenvalue weighted by Crippen LogP contribution is 2.32. The van der Waals surface area contributed by atoms with E-state index < -0.39 is 16.6 Å². The Balaban J connectivity index is 2.03. The van der Waals surface area contributed by atoms with Crippen molar-refractivity contribution in [2.45, 2.75) is 18.5 Å². The number of non-ortho nitro benzene ring substituents is 1. The highest BCUT2D eigenvalue weighted by molar-refractivity contribution is 8.02.